The van der Waals surface area contributed by atoms with Crippen LogP contribution in [0.4, 0.5) is 0 Å². The third-order valence-corrected chi connectivity index (χ3v) is 1.72. The summed E-state index contributed by atoms with van der Waals surface area (Å²) in [4.78, 5) is 0. The van der Waals surface area contributed by atoms with Crippen molar-refractivity contribution in [3.63, 3.8) is 0 Å². The Bertz CT molecular complexity index is 107. The molecule has 0 aromatic carbocycles. The normalized spacial score (nSPS) is 18.6. The lowest BCUT2D eigenvalue weighted by Crippen LogP contribution is -1.96. The van der Waals surface area contributed by atoms with Gasteiger partial charge in [0, 0.05) is 0 Å². The summed E-state index contributed by atoms with van der Waals surface area (Å²) >= 11 is 9.73. The molecule has 0 aliphatic heterocycles. The van der Waals surface area contributed by atoms with E-state index in [1.54, 1.807) is 6.66 Å². The molecule has 0 amide bonds. The minimum Gasteiger partial charge on any atom is -0.719 e. The van der Waals surface area contributed by atoms with Crippen LogP contribution in [0.5, 0.6) is 0 Å². The summed E-state index contributed by atoms with van der Waals surface area (Å²) in [5, 5.41) is 0. The zero-order chi connectivity index (χ0) is 6.78. The van der Waals surface area contributed by atoms with E-state index in [0.29, 0.717) is 0 Å². The molecule has 0 aromatic heterocycles. The van der Waals surface area contributed by atoms with Gasteiger partial charge in [-0.2, -0.15) is 0 Å². The van der Waals surface area contributed by atoms with Gasteiger partial charge >= 0.3 is 0 Å². The Morgan fingerprint density at radius 1 is 1.62 bits per heavy atom. The van der Waals surface area contributed by atoms with Crippen molar-refractivity contribution >= 4 is 29.5 Å². The summed E-state index contributed by atoms with van der Waals surface area (Å²) in [5.41, 5.74) is -1.81. The zero-order valence-electron chi connectivity index (χ0n) is 5.25. The first-order valence-corrected chi connectivity index (χ1v) is 6.57. The second-order valence-electron chi connectivity index (χ2n) is 1.93. The molecule has 0 bridgehead atoms. The summed E-state index contributed by atoms with van der Waals surface area (Å²) in [6, 6.07) is 0. The fraction of sp³-hybridized carbons (Fsp3) is 1.00. The molecule has 0 N–H and O–H groups in total. The molecule has 8 heavy (non-hydrogen) atoms. The second-order valence-corrected chi connectivity index (χ2v) is 8.55. The first-order valence-electron chi connectivity index (χ1n) is 2.39. The Hall–Kier alpha value is 0.960. The van der Waals surface area contributed by atoms with Crippen LogP contribution in [0.3, 0.4) is 0 Å². The molecule has 0 spiro atoms. The topological polar surface area (TPSA) is 9.23 Å². The highest BCUT2D eigenvalue weighted by atomic mass is 32.9. The molecule has 0 saturated carbocycles. The number of rotatable bonds is 2. The molecule has 0 rings (SSSR count). The molecule has 1 atom stereocenters. The van der Waals surface area contributed by atoms with Crippen molar-refractivity contribution in [2.24, 2.45) is 0 Å². The van der Waals surface area contributed by atoms with Gasteiger partial charge in [-0.05, 0) is 20.5 Å². The lowest BCUT2D eigenvalue weighted by molar-refractivity contribution is 0.277. The van der Waals surface area contributed by atoms with Crippen molar-refractivity contribution in [3.8, 4) is 0 Å². The molecule has 0 fully saturated rings. The fourth-order valence-corrected chi connectivity index (χ4v) is 2.18. The molecule has 0 aromatic rings. The standard InChI is InChI=1S/C4H11OPS2/c1-4(2)5-6(3,7)8/h4H,1-3H3,(H,7,8)/p-1. The maximum absolute atomic E-state index is 5.18. The Balaban J connectivity index is 3.56. The van der Waals surface area contributed by atoms with E-state index in [1.807, 2.05) is 13.8 Å². The van der Waals surface area contributed by atoms with E-state index in [1.165, 1.54) is 0 Å². The van der Waals surface area contributed by atoms with Crippen LogP contribution in [0.2, 0.25) is 0 Å². The van der Waals surface area contributed by atoms with E-state index in [2.05, 4.69) is 0 Å². The fourth-order valence-electron chi connectivity index (χ4n) is 0.383. The van der Waals surface area contributed by atoms with Crippen molar-refractivity contribution < 1.29 is 4.52 Å². The van der Waals surface area contributed by atoms with E-state index in [4.69, 9.17) is 28.6 Å². The van der Waals surface area contributed by atoms with Gasteiger partial charge in [-0.3, -0.25) is 0 Å². The van der Waals surface area contributed by atoms with Gasteiger partial charge in [-0.1, -0.05) is 17.3 Å². The Morgan fingerprint density at radius 3 is 2.00 bits per heavy atom. The molecule has 0 aliphatic rings. The average molecular weight is 169 g/mol. The molecule has 0 radical (unpaired) electrons. The molecule has 4 heteroatoms. The van der Waals surface area contributed by atoms with Crippen LogP contribution in [-0.2, 0) is 28.6 Å². The molecule has 0 aliphatic carbocycles. The van der Waals surface area contributed by atoms with Crippen molar-refractivity contribution in [2.75, 3.05) is 6.66 Å². The first kappa shape index (κ1) is 8.96. The van der Waals surface area contributed by atoms with E-state index in [9.17, 15) is 0 Å². The summed E-state index contributed by atoms with van der Waals surface area (Å²) < 4.78 is 5.18. The van der Waals surface area contributed by atoms with Crippen molar-refractivity contribution in [1.29, 1.82) is 0 Å². The van der Waals surface area contributed by atoms with Gasteiger partial charge in [0.05, 0.1) is 6.10 Å². The van der Waals surface area contributed by atoms with Crippen LogP contribution in [-0.4, -0.2) is 12.8 Å². The van der Waals surface area contributed by atoms with Crippen molar-refractivity contribution in [2.45, 2.75) is 20.0 Å². The maximum Gasteiger partial charge on any atom is 0.0546 e. The van der Waals surface area contributed by atoms with Crippen LogP contribution in [0.25, 0.3) is 0 Å². The highest BCUT2D eigenvalue weighted by Crippen LogP contribution is 2.40. The summed E-state index contributed by atoms with van der Waals surface area (Å²) in [6.07, 6.45) is 0.184. The van der Waals surface area contributed by atoms with Crippen LogP contribution < -0.4 is 0 Å². The van der Waals surface area contributed by atoms with E-state index < -0.39 is 5.47 Å². The first-order chi connectivity index (χ1) is 3.42. The molecule has 0 saturated heterocycles. The lowest BCUT2D eigenvalue weighted by Gasteiger charge is -2.25. The smallest absolute Gasteiger partial charge is 0.0546 e. The van der Waals surface area contributed by atoms with Crippen molar-refractivity contribution in [1.82, 2.24) is 0 Å². The predicted octanol–water partition coefficient (Wildman–Crippen LogP) is 1.90. The van der Waals surface area contributed by atoms with Crippen LogP contribution in [0.15, 0.2) is 0 Å². The van der Waals surface area contributed by atoms with Gasteiger partial charge in [-0.15, -0.1) is 0 Å². The Morgan fingerprint density at radius 2 is 2.00 bits per heavy atom. The molecular weight excluding hydrogens is 159 g/mol. The Labute approximate surface area is 61.1 Å². The summed E-state index contributed by atoms with van der Waals surface area (Å²) in [6.45, 7) is 5.69. The molecular formula is C4H10OPS2-. The SMILES string of the molecule is CC(C)OP(C)(=S)[S-]. The van der Waals surface area contributed by atoms with Gasteiger partial charge in [0.15, 0.2) is 0 Å². The molecule has 0 heterocycles. The van der Waals surface area contributed by atoms with Crippen LogP contribution in [0, 0.1) is 0 Å². The Kier molecular flexibility index (Phi) is 3.60. The predicted molar refractivity (Wildman–Crippen MR) is 43.8 cm³/mol. The molecule has 50 valence electrons. The third kappa shape index (κ3) is 6.96. The number of hydrogen-bond acceptors (Lipinski definition) is 3. The third-order valence-electron chi connectivity index (χ3n) is 0.402. The minimum atomic E-state index is -1.81. The molecule has 1 unspecified atom stereocenters. The largest absolute Gasteiger partial charge is 0.719 e. The van der Waals surface area contributed by atoms with Crippen LogP contribution >= 0.6 is 5.47 Å². The summed E-state index contributed by atoms with van der Waals surface area (Å²) in [5.74, 6) is 0. The van der Waals surface area contributed by atoms with Gasteiger partial charge in [0.25, 0.3) is 0 Å². The minimum absolute atomic E-state index is 0.184. The second kappa shape index (κ2) is 3.21. The van der Waals surface area contributed by atoms with E-state index >= 15 is 0 Å². The highest BCUT2D eigenvalue weighted by molar-refractivity contribution is 8.53. The quantitative estimate of drug-likeness (QED) is 0.461. The van der Waals surface area contributed by atoms with Gasteiger partial charge in [-0.25, -0.2) is 0 Å². The summed E-state index contributed by atoms with van der Waals surface area (Å²) in [7, 11) is 0. The maximum atomic E-state index is 5.18. The van der Waals surface area contributed by atoms with Gasteiger partial charge in [0.2, 0.25) is 0 Å². The monoisotopic (exact) mass is 169 g/mol. The molecule has 1 nitrogen and oxygen atoms in total. The van der Waals surface area contributed by atoms with E-state index in [0.717, 1.165) is 0 Å². The van der Waals surface area contributed by atoms with Crippen molar-refractivity contribution in [3.05, 3.63) is 0 Å². The van der Waals surface area contributed by atoms with Gasteiger partial charge in [0.1, 0.15) is 0 Å². The number of hydrogen-bond donors (Lipinski definition) is 0. The zero-order valence-corrected chi connectivity index (χ0v) is 7.78. The lowest BCUT2D eigenvalue weighted by atomic mass is 10.5. The average Bonchev–Trinajstić information content (AvgIpc) is 1.21. The van der Waals surface area contributed by atoms with Gasteiger partial charge < -0.3 is 16.8 Å². The van der Waals surface area contributed by atoms with Crippen LogP contribution in [0.1, 0.15) is 13.8 Å². The highest BCUT2D eigenvalue weighted by Gasteiger charge is 1.94. The van der Waals surface area contributed by atoms with E-state index in [-0.39, 0.29) is 6.10 Å².